The Kier molecular flexibility index (Phi) is 7.20. The number of halogens is 1. The molecule has 0 bridgehead atoms. The second-order valence-corrected chi connectivity index (χ2v) is 6.83. The Morgan fingerprint density at radius 3 is 2.81 bits per heavy atom. The molecule has 1 N–H and O–H groups in total. The summed E-state index contributed by atoms with van der Waals surface area (Å²) in [4.78, 5) is 0. The molecule has 116 valence electrons. The van der Waals surface area contributed by atoms with Gasteiger partial charge in [0.1, 0.15) is 21.4 Å². The minimum absolute atomic E-state index is 0.0424. The Morgan fingerprint density at radius 2 is 2.14 bits per heavy atom. The van der Waals surface area contributed by atoms with Crippen LogP contribution in [-0.4, -0.2) is 38.2 Å². The van der Waals surface area contributed by atoms with Crippen LogP contribution in [0.4, 0.5) is 4.39 Å². The molecule has 0 unspecified atom stereocenters. The van der Waals surface area contributed by atoms with Gasteiger partial charge in [0.2, 0.25) is 0 Å². The number of aliphatic hydroxyl groups is 1. The maximum atomic E-state index is 13.2. The predicted molar refractivity (Wildman–Crippen MR) is 79.4 cm³/mol. The Balaban J connectivity index is 2.65. The molecule has 0 amide bonds. The van der Waals surface area contributed by atoms with E-state index >= 15 is 0 Å². The number of benzene rings is 1. The first-order valence-electron chi connectivity index (χ1n) is 6.71. The summed E-state index contributed by atoms with van der Waals surface area (Å²) in [6.07, 6.45) is 0.668. The lowest BCUT2D eigenvalue weighted by molar-refractivity contribution is 0.305. The molecule has 0 aliphatic carbocycles. The van der Waals surface area contributed by atoms with E-state index in [9.17, 15) is 12.8 Å². The molecule has 21 heavy (non-hydrogen) atoms. The molecule has 0 saturated heterocycles. The van der Waals surface area contributed by atoms with Crippen molar-refractivity contribution in [1.82, 2.24) is 0 Å². The van der Waals surface area contributed by atoms with Crippen LogP contribution < -0.4 is 4.74 Å². The van der Waals surface area contributed by atoms with Gasteiger partial charge in [0, 0.05) is 18.2 Å². The van der Waals surface area contributed by atoms with Gasteiger partial charge in [-0.05, 0) is 18.6 Å². The van der Waals surface area contributed by atoms with Crippen molar-refractivity contribution in [2.24, 2.45) is 0 Å². The van der Waals surface area contributed by atoms with Gasteiger partial charge >= 0.3 is 0 Å². The zero-order valence-electron chi connectivity index (χ0n) is 11.9. The number of hydrogen-bond donors (Lipinski definition) is 1. The maximum Gasteiger partial charge on any atom is 0.150 e. The van der Waals surface area contributed by atoms with Crippen LogP contribution in [0.1, 0.15) is 25.3 Å². The van der Waals surface area contributed by atoms with Gasteiger partial charge < -0.3 is 9.84 Å². The average molecular weight is 314 g/mol. The number of sulfone groups is 1. The van der Waals surface area contributed by atoms with E-state index in [-0.39, 0.29) is 30.5 Å². The van der Waals surface area contributed by atoms with Gasteiger partial charge in [-0.25, -0.2) is 12.8 Å². The monoisotopic (exact) mass is 314 g/mol. The Morgan fingerprint density at radius 1 is 1.38 bits per heavy atom. The normalized spacial score (nSPS) is 10.8. The van der Waals surface area contributed by atoms with Gasteiger partial charge in [-0.3, -0.25) is 0 Å². The number of aliphatic hydroxyl groups excluding tert-OH is 1. The Bertz CT molecular complexity index is 614. The van der Waals surface area contributed by atoms with Crippen LogP contribution in [0, 0.1) is 17.7 Å². The van der Waals surface area contributed by atoms with Crippen LogP contribution in [-0.2, 0) is 9.84 Å². The second kappa shape index (κ2) is 8.65. The Hall–Kier alpha value is -1.58. The standard InChI is InChI=1S/C15H19FO4S/c1-2-21(18,19)11-5-10-20-15-12-14(16)8-7-13(15)6-3-4-9-17/h7-8,12,17H,2,4-5,9-11H2,1H3. The third-order valence-electron chi connectivity index (χ3n) is 2.70. The van der Waals surface area contributed by atoms with Crippen LogP contribution in [0.3, 0.4) is 0 Å². The number of hydrogen-bond acceptors (Lipinski definition) is 4. The summed E-state index contributed by atoms with van der Waals surface area (Å²) in [6, 6.07) is 3.99. The highest BCUT2D eigenvalue weighted by Crippen LogP contribution is 2.19. The fourth-order valence-corrected chi connectivity index (χ4v) is 2.38. The fraction of sp³-hybridized carbons (Fsp3) is 0.467. The summed E-state index contributed by atoms with van der Waals surface area (Å²) >= 11 is 0. The van der Waals surface area contributed by atoms with E-state index in [1.807, 2.05) is 0 Å². The van der Waals surface area contributed by atoms with Crippen molar-refractivity contribution >= 4 is 9.84 Å². The van der Waals surface area contributed by atoms with E-state index in [1.165, 1.54) is 18.2 Å². The minimum Gasteiger partial charge on any atom is -0.492 e. The summed E-state index contributed by atoms with van der Waals surface area (Å²) < 4.78 is 41.3. The molecule has 0 radical (unpaired) electrons. The second-order valence-electron chi connectivity index (χ2n) is 4.35. The van der Waals surface area contributed by atoms with Crippen LogP contribution >= 0.6 is 0 Å². The summed E-state index contributed by atoms with van der Waals surface area (Å²) in [6.45, 7) is 1.73. The van der Waals surface area contributed by atoms with Crippen molar-refractivity contribution in [3.05, 3.63) is 29.6 Å². The topological polar surface area (TPSA) is 63.6 Å². The van der Waals surface area contributed by atoms with Crippen molar-refractivity contribution in [2.75, 3.05) is 24.7 Å². The molecule has 1 aromatic carbocycles. The lowest BCUT2D eigenvalue weighted by Crippen LogP contribution is -2.12. The molecule has 1 rings (SSSR count). The highest BCUT2D eigenvalue weighted by molar-refractivity contribution is 7.91. The molecule has 0 aliphatic rings. The molecule has 0 saturated carbocycles. The van der Waals surface area contributed by atoms with Crippen LogP contribution in [0.5, 0.6) is 5.75 Å². The molecule has 6 heteroatoms. The zero-order chi connectivity index (χ0) is 15.7. The molecular formula is C15H19FO4S. The lowest BCUT2D eigenvalue weighted by atomic mass is 10.2. The van der Waals surface area contributed by atoms with E-state index in [1.54, 1.807) is 6.92 Å². The molecule has 0 aliphatic heterocycles. The molecule has 0 spiro atoms. The first kappa shape index (κ1) is 17.5. The maximum absolute atomic E-state index is 13.2. The van der Waals surface area contributed by atoms with Crippen molar-refractivity contribution in [1.29, 1.82) is 0 Å². The molecule has 0 aromatic heterocycles. The summed E-state index contributed by atoms with van der Waals surface area (Å²) in [7, 11) is -3.02. The summed E-state index contributed by atoms with van der Waals surface area (Å²) in [5.74, 6) is 5.52. The smallest absolute Gasteiger partial charge is 0.150 e. The highest BCUT2D eigenvalue weighted by Gasteiger charge is 2.08. The third-order valence-corrected chi connectivity index (χ3v) is 4.49. The highest BCUT2D eigenvalue weighted by atomic mass is 32.2. The predicted octanol–water partition coefficient (Wildman–Crippen LogP) is 1.76. The first-order chi connectivity index (χ1) is 9.98. The van der Waals surface area contributed by atoms with Crippen molar-refractivity contribution in [3.63, 3.8) is 0 Å². The van der Waals surface area contributed by atoms with E-state index in [0.717, 1.165) is 0 Å². The van der Waals surface area contributed by atoms with Gasteiger partial charge in [0.05, 0.1) is 24.5 Å². The third kappa shape index (κ3) is 6.61. The lowest BCUT2D eigenvalue weighted by Gasteiger charge is -2.08. The van der Waals surface area contributed by atoms with Crippen molar-refractivity contribution in [2.45, 2.75) is 19.8 Å². The van der Waals surface area contributed by atoms with Gasteiger partial charge in [-0.1, -0.05) is 18.8 Å². The summed E-state index contributed by atoms with van der Waals surface area (Å²) in [5, 5.41) is 8.68. The SMILES string of the molecule is CCS(=O)(=O)CCCOc1cc(F)ccc1C#CCCO. The van der Waals surface area contributed by atoms with Gasteiger partial charge in [0.15, 0.2) is 0 Å². The molecule has 0 fully saturated rings. The number of ether oxygens (including phenoxy) is 1. The summed E-state index contributed by atoms with van der Waals surface area (Å²) in [5.41, 5.74) is 0.517. The van der Waals surface area contributed by atoms with Gasteiger partial charge in [-0.15, -0.1) is 0 Å². The van der Waals surface area contributed by atoms with E-state index in [4.69, 9.17) is 9.84 Å². The van der Waals surface area contributed by atoms with Gasteiger partial charge in [0.25, 0.3) is 0 Å². The zero-order valence-corrected chi connectivity index (χ0v) is 12.7. The molecule has 4 nitrogen and oxygen atoms in total. The fourth-order valence-electron chi connectivity index (χ4n) is 1.54. The first-order valence-corrected chi connectivity index (χ1v) is 8.53. The molecule has 0 atom stereocenters. The van der Waals surface area contributed by atoms with Crippen LogP contribution in [0.15, 0.2) is 18.2 Å². The molecule has 1 aromatic rings. The van der Waals surface area contributed by atoms with Crippen LogP contribution in [0.2, 0.25) is 0 Å². The molecular weight excluding hydrogens is 295 g/mol. The van der Waals surface area contributed by atoms with E-state index < -0.39 is 15.7 Å². The molecule has 0 heterocycles. The van der Waals surface area contributed by atoms with Gasteiger partial charge in [-0.2, -0.15) is 0 Å². The largest absolute Gasteiger partial charge is 0.492 e. The average Bonchev–Trinajstić information content (AvgIpc) is 2.46. The van der Waals surface area contributed by atoms with E-state index in [2.05, 4.69) is 11.8 Å². The minimum atomic E-state index is -3.02. The van der Waals surface area contributed by atoms with E-state index in [0.29, 0.717) is 18.4 Å². The van der Waals surface area contributed by atoms with Crippen LogP contribution in [0.25, 0.3) is 0 Å². The number of rotatable bonds is 7. The Labute approximate surface area is 124 Å². The van der Waals surface area contributed by atoms with Crippen molar-refractivity contribution < 1.29 is 22.7 Å². The quantitative estimate of drug-likeness (QED) is 0.615. The van der Waals surface area contributed by atoms with Crippen molar-refractivity contribution in [3.8, 4) is 17.6 Å².